The number of phenolic OH excluding ortho intramolecular Hbond substituents is 1. The summed E-state index contributed by atoms with van der Waals surface area (Å²) in [6.07, 6.45) is 3.16. The standard InChI is InChI=1S/C16H14O3/c1-19-16-8-3-2-5-12(16)9-10-15(18)13-6-4-7-14(17)11-13/h2-11,17H,1H3. The fourth-order valence-electron chi connectivity index (χ4n) is 1.72. The fourth-order valence-corrected chi connectivity index (χ4v) is 1.72. The number of ether oxygens (including phenoxy) is 1. The molecule has 0 amide bonds. The number of hydrogen-bond acceptors (Lipinski definition) is 3. The second-order valence-electron chi connectivity index (χ2n) is 3.99. The molecule has 0 saturated heterocycles. The molecule has 0 saturated carbocycles. The maximum absolute atomic E-state index is 11.9. The number of carbonyl (C=O) groups is 1. The third kappa shape index (κ3) is 3.22. The van der Waals surface area contributed by atoms with E-state index in [0.29, 0.717) is 11.3 Å². The van der Waals surface area contributed by atoms with Crippen LogP contribution in [0.25, 0.3) is 6.08 Å². The van der Waals surface area contributed by atoms with Crippen molar-refractivity contribution in [1.82, 2.24) is 0 Å². The zero-order valence-electron chi connectivity index (χ0n) is 10.5. The Bertz CT molecular complexity index is 615. The van der Waals surface area contributed by atoms with Crippen LogP contribution >= 0.6 is 0 Å². The molecule has 2 rings (SSSR count). The first kappa shape index (κ1) is 12.9. The van der Waals surface area contributed by atoms with Gasteiger partial charge in [0.1, 0.15) is 11.5 Å². The van der Waals surface area contributed by atoms with Gasteiger partial charge in [0.2, 0.25) is 0 Å². The molecule has 0 radical (unpaired) electrons. The highest BCUT2D eigenvalue weighted by atomic mass is 16.5. The van der Waals surface area contributed by atoms with Crippen LogP contribution in [0.5, 0.6) is 11.5 Å². The quantitative estimate of drug-likeness (QED) is 0.672. The van der Waals surface area contributed by atoms with Crippen molar-refractivity contribution in [3.05, 3.63) is 65.7 Å². The van der Waals surface area contributed by atoms with Gasteiger partial charge in [0.15, 0.2) is 5.78 Å². The summed E-state index contributed by atoms with van der Waals surface area (Å²) in [5, 5.41) is 9.33. The lowest BCUT2D eigenvalue weighted by atomic mass is 10.1. The van der Waals surface area contributed by atoms with Crippen LogP contribution in [0.2, 0.25) is 0 Å². The van der Waals surface area contributed by atoms with Gasteiger partial charge in [-0.05, 0) is 30.4 Å². The van der Waals surface area contributed by atoms with Crippen LogP contribution in [-0.2, 0) is 0 Å². The highest BCUT2D eigenvalue weighted by Gasteiger charge is 2.03. The zero-order valence-corrected chi connectivity index (χ0v) is 10.5. The monoisotopic (exact) mass is 254 g/mol. The number of ketones is 1. The summed E-state index contributed by atoms with van der Waals surface area (Å²) >= 11 is 0. The molecule has 3 heteroatoms. The van der Waals surface area contributed by atoms with E-state index in [1.54, 1.807) is 25.3 Å². The van der Waals surface area contributed by atoms with Gasteiger partial charge in [0.05, 0.1) is 7.11 Å². The summed E-state index contributed by atoms with van der Waals surface area (Å²) in [5.74, 6) is 0.626. The Labute approximate surface area is 111 Å². The number of aromatic hydroxyl groups is 1. The average Bonchev–Trinajstić information content (AvgIpc) is 2.45. The molecule has 0 spiro atoms. The highest BCUT2D eigenvalue weighted by Crippen LogP contribution is 2.19. The van der Waals surface area contributed by atoms with Crippen LogP contribution in [-0.4, -0.2) is 18.0 Å². The summed E-state index contributed by atoms with van der Waals surface area (Å²) in [7, 11) is 1.59. The summed E-state index contributed by atoms with van der Waals surface area (Å²) in [5.41, 5.74) is 1.28. The topological polar surface area (TPSA) is 46.5 Å². The number of benzene rings is 2. The highest BCUT2D eigenvalue weighted by molar-refractivity contribution is 6.07. The van der Waals surface area contributed by atoms with E-state index in [1.807, 2.05) is 24.3 Å². The van der Waals surface area contributed by atoms with Crippen molar-refractivity contribution in [3.8, 4) is 11.5 Å². The van der Waals surface area contributed by atoms with E-state index in [9.17, 15) is 9.90 Å². The normalized spacial score (nSPS) is 10.6. The minimum Gasteiger partial charge on any atom is -0.508 e. The first-order valence-electron chi connectivity index (χ1n) is 5.85. The van der Waals surface area contributed by atoms with Gasteiger partial charge >= 0.3 is 0 Å². The van der Waals surface area contributed by atoms with E-state index < -0.39 is 0 Å². The lowest BCUT2D eigenvalue weighted by Crippen LogP contribution is -1.93. The number of phenols is 1. The molecule has 0 unspecified atom stereocenters. The number of carbonyl (C=O) groups excluding carboxylic acids is 1. The lowest BCUT2D eigenvalue weighted by molar-refractivity contribution is 0.104. The van der Waals surface area contributed by atoms with Crippen molar-refractivity contribution in [2.45, 2.75) is 0 Å². The summed E-state index contributed by atoms with van der Waals surface area (Å²) in [6.45, 7) is 0. The van der Waals surface area contributed by atoms with E-state index in [1.165, 1.54) is 18.2 Å². The van der Waals surface area contributed by atoms with Gasteiger partial charge in [-0.15, -0.1) is 0 Å². The van der Waals surface area contributed by atoms with Gasteiger partial charge in [-0.25, -0.2) is 0 Å². The Balaban J connectivity index is 2.21. The van der Waals surface area contributed by atoms with E-state index in [4.69, 9.17) is 4.74 Å². The molecule has 3 nitrogen and oxygen atoms in total. The zero-order chi connectivity index (χ0) is 13.7. The van der Waals surface area contributed by atoms with Crippen molar-refractivity contribution in [1.29, 1.82) is 0 Å². The average molecular weight is 254 g/mol. The Morgan fingerprint density at radius 1 is 1.16 bits per heavy atom. The minimum atomic E-state index is -0.165. The third-order valence-electron chi connectivity index (χ3n) is 2.68. The predicted molar refractivity (Wildman–Crippen MR) is 74.5 cm³/mol. The molecule has 0 aromatic heterocycles. The molecule has 0 heterocycles. The summed E-state index contributed by atoms with van der Waals surface area (Å²) in [4.78, 5) is 11.9. The molecular formula is C16H14O3. The first-order chi connectivity index (χ1) is 9.20. The molecular weight excluding hydrogens is 240 g/mol. The van der Waals surface area contributed by atoms with Crippen molar-refractivity contribution in [2.75, 3.05) is 7.11 Å². The molecule has 2 aromatic rings. The minimum absolute atomic E-state index is 0.0801. The second-order valence-corrected chi connectivity index (χ2v) is 3.99. The van der Waals surface area contributed by atoms with Gasteiger partial charge < -0.3 is 9.84 Å². The van der Waals surface area contributed by atoms with Gasteiger partial charge in [-0.2, -0.15) is 0 Å². The molecule has 0 bridgehead atoms. The number of para-hydroxylation sites is 1. The molecule has 0 aliphatic heterocycles. The van der Waals surface area contributed by atoms with Crippen molar-refractivity contribution >= 4 is 11.9 Å². The lowest BCUT2D eigenvalue weighted by Gasteiger charge is -2.03. The van der Waals surface area contributed by atoms with E-state index >= 15 is 0 Å². The van der Waals surface area contributed by atoms with Crippen LogP contribution in [0.15, 0.2) is 54.6 Å². The maximum atomic E-state index is 11.9. The van der Waals surface area contributed by atoms with Crippen LogP contribution < -0.4 is 4.74 Å². The largest absolute Gasteiger partial charge is 0.508 e. The Hall–Kier alpha value is -2.55. The van der Waals surface area contributed by atoms with Crippen LogP contribution in [0, 0.1) is 0 Å². The van der Waals surface area contributed by atoms with Gasteiger partial charge in [0, 0.05) is 11.1 Å². The Morgan fingerprint density at radius 3 is 2.68 bits per heavy atom. The number of rotatable bonds is 4. The predicted octanol–water partition coefficient (Wildman–Crippen LogP) is 3.30. The Kier molecular flexibility index (Phi) is 3.98. The van der Waals surface area contributed by atoms with Gasteiger partial charge in [-0.1, -0.05) is 30.3 Å². The Morgan fingerprint density at radius 2 is 1.95 bits per heavy atom. The number of hydrogen-bond donors (Lipinski definition) is 1. The summed E-state index contributed by atoms with van der Waals surface area (Å²) in [6, 6.07) is 13.7. The molecule has 0 atom stereocenters. The fraction of sp³-hybridized carbons (Fsp3) is 0.0625. The summed E-state index contributed by atoms with van der Waals surface area (Å²) < 4.78 is 5.20. The van der Waals surface area contributed by atoms with Crippen LogP contribution in [0.1, 0.15) is 15.9 Å². The van der Waals surface area contributed by atoms with Gasteiger partial charge in [-0.3, -0.25) is 4.79 Å². The molecule has 0 fully saturated rings. The molecule has 0 aliphatic rings. The van der Waals surface area contributed by atoms with Crippen molar-refractivity contribution in [3.63, 3.8) is 0 Å². The smallest absolute Gasteiger partial charge is 0.185 e. The molecule has 1 N–H and O–H groups in total. The van der Waals surface area contributed by atoms with Crippen LogP contribution in [0.4, 0.5) is 0 Å². The molecule has 2 aromatic carbocycles. The van der Waals surface area contributed by atoms with Crippen molar-refractivity contribution in [2.24, 2.45) is 0 Å². The second kappa shape index (κ2) is 5.87. The first-order valence-corrected chi connectivity index (χ1v) is 5.85. The third-order valence-corrected chi connectivity index (χ3v) is 2.68. The maximum Gasteiger partial charge on any atom is 0.185 e. The molecule has 19 heavy (non-hydrogen) atoms. The molecule has 0 aliphatic carbocycles. The van der Waals surface area contributed by atoms with E-state index in [-0.39, 0.29) is 11.5 Å². The van der Waals surface area contributed by atoms with Crippen molar-refractivity contribution < 1.29 is 14.6 Å². The van der Waals surface area contributed by atoms with E-state index in [0.717, 1.165) is 5.56 Å². The van der Waals surface area contributed by atoms with E-state index in [2.05, 4.69) is 0 Å². The number of methoxy groups -OCH3 is 1. The number of allylic oxidation sites excluding steroid dienone is 1. The molecule has 96 valence electrons. The SMILES string of the molecule is COc1ccccc1C=CC(=O)c1cccc(O)c1. The van der Waals surface area contributed by atoms with Gasteiger partial charge in [0.25, 0.3) is 0 Å². The van der Waals surface area contributed by atoms with Crippen LogP contribution in [0.3, 0.4) is 0 Å².